The Balaban J connectivity index is 1.41. The van der Waals surface area contributed by atoms with E-state index in [1.165, 1.54) is 18.2 Å². The fraction of sp³-hybridized carbons (Fsp3) is 0.556. The summed E-state index contributed by atoms with van der Waals surface area (Å²) in [4.78, 5) is 28.9. The number of methoxy groups -OCH3 is 2. The topological polar surface area (TPSA) is 119 Å². The molecule has 48 heavy (non-hydrogen) atoms. The molecule has 0 saturated heterocycles. The van der Waals surface area contributed by atoms with E-state index in [1.54, 1.807) is 13.2 Å². The van der Waals surface area contributed by atoms with Crippen molar-refractivity contribution < 1.29 is 28.0 Å². The van der Waals surface area contributed by atoms with E-state index in [0.29, 0.717) is 42.8 Å². The van der Waals surface area contributed by atoms with Crippen molar-refractivity contribution in [2.75, 3.05) is 57.7 Å². The van der Waals surface area contributed by atoms with E-state index in [0.717, 1.165) is 55.9 Å². The molecule has 6 atom stereocenters. The van der Waals surface area contributed by atoms with Gasteiger partial charge in [-0.2, -0.15) is 0 Å². The zero-order chi connectivity index (χ0) is 33.9. The van der Waals surface area contributed by atoms with Gasteiger partial charge in [0.2, 0.25) is 0 Å². The first kappa shape index (κ1) is 34.7. The maximum absolute atomic E-state index is 14.2. The number of rotatable bonds is 5. The van der Waals surface area contributed by atoms with Crippen LogP contribution in [0.5, 0.6) is 5.75 Å². The zero-order valence-electron chi connectivity index (χ0n) is 28.0. The Labute approximate surface area is 289 Å². The van der Waals surface area contributed by atoms with E-state index in [-0.39, 0.29) is 29.7 Å². The number of benzene rings is 2. The highest BCUT2D eigenvalue weighted by atomic mass is 35.5. The number of aryl methyl sites for hydroxylation is 1. The van der Waals surface area contributed by atoms with E-state index in [4.69, 9.17) is 25.8 Å². The molecule has 2 aromatic carbocycles. The Bertz CT molecular complexity index is 1680. The SMILES string of the molecule is COCCNC(=O)NS1(=O)=NC(=O)c2ccc3c(c2)N(C[C@@H]2CC[C@H]2[C@@H](OC)/C=C\C[C@H](C)C1)C[C@@]1(CCCc2cc(Cl)ccc21)CO3. The molecule has 2 aliphatic heterocycles. The first-order chi connectivity index (χ1) is 23.1. The third kappa shape index (κ3) is 7.54. The van der Waals surface area contributed by atoms with Crippen molar-refractivity contribution >= 4 is 39.1 Å². The molecule has 2 N–H and O–H groups in total. The molecule has 1 fully saturated rings. The largest absolute Gasteiger partial charge is 0.490 e. The molecule has 0 aromatic heterocycles. The summed E-state index contributed by atoms with van der Waals surface area (Å²) < 4.78 is 38.6. The average Bonchev–Trinajstić information content (AvgIpc) is 3.18. The van der Waals surface area contributed by atoms with E-state index in [2.05, 4.69) is 43.6 Å². The lowest BCUT2D eigenvalue weighted by Crippen LogP contribution is -2.49. The molecule has 1 saturated carbocycles. The second kappa shape index (κ2) is 14.8. The molecule has 260 valence electrons. The molecule has 2 bridgehead atoms. The highest BCUT2D eigenvalue weighted by Gasteiger charge is 2.44. The molecule has 4 aliphatic rings. The van der Waals surface area contributed by atoms with Crippen molar-refractivity contribution in [3.63, 3.8) is 0 Å². The Morgan fingerprint density at radius 1 is 1.21 bits per heavy atom. The average molecular weight is 699 g/mol. The number of amides is 3. The number of anilines is 1. The number of nitrogens with one attached hydrogen (secondary N) is 2. The molecule has 2 aromatic rings. The molecule has 1 unspecified atom stereocenters. The minimum atomic E-state index is -3.48. The number of ether oxygens (including phenoxy) is 3. The summed E-state index contributed by atoms with van der Waals surface area (Å²) in [6.07, 6.45) is 9.88. The molecule has 2 aliphatic carbocycles. The number of hydrogen-bond donors (Lipinski definition) is 2. The van der Waals surface area contributed by atoms with Gasteiger partial charge < -0.3 is 24.4 Å². The Kier molecular flexibility index (Phi) is 10.7. The van der Waals surface area contributed by atoms with Crippen LogP contribution >= 0.6 is 11.6 Å². The predicted octanol–water partition coefficient (Wildman–Crippen LogP) is 5.92. The molecular weight excluding hydrogens is 652 g/mol. The minimum Gasteiger partial charge on any atom is -0.490 e. The number of allylic oxidation sites excluding steroid dienone is 1. The van der Waals surface area contributed by atoms with Gasteiger partial charge in [0.25, 0.3) is 5.91 Å². The van der Waals surface area contributed by atoms with Crippen LogP contribution in [0.1, 0.15) is 60.5 Å². The minimum absolute atomic E-state index is 0.0105. The highest BCUT2D eigenvalue weighted by Crippen LogP contribution is 2.47. The number of nitrogens with zero attached hydrogens (tertiary/aromatic N) is 2. The lowest BCUT2D eigenvalue weighted by Gasteiger charge is -2.46. The van der Waals surface area contributed by atoms with Gasteiger partial charge in [-0.25, -0.2) is 9.00 Å². The smallest absolute Gasteiger partial charge is 0.327 e. The van der Waals surface area contributed by atoms with E-state index in [1.807, 2.05) is 25.1 Å². The highest BCUT2D eigenvalue weighted by molar-refractivity contribution is 7.92. The summed E-state index contributed by atoms with van der Waals surface area (Å²) in [6.45, 7) is 4.47. The van der Waals surface area contributed by atoms with Crippen molar-refractivity contribution in [3.05, 3.63) is 70.3 Å². The van der Waals surface area contributed by atoms with Crippen LogP contribution in [0.15, 0.2) is 52.9 Å². The van der Waals surface area contributed by atoms with Gasteiger partial charge in [-0.3, -0.25) is 9.52 Å². The third-order valence-electron chi connectivity index (χ3n) is 10.4. The number of halogens is 1. The van der Waals surface area contributed by atoms with Crippen LogP contribution < -0.4 is 19.7 Å². The summed E-state index contributed by atoms with van der Waals surface area (Å²) in [5.41, 5.74) is 3.40. The zero-order valence-corrected chi connectivity index (χ0v) is 29.6. The number of hydrogen-bond acceptors (Lipinski definition) is 7. The first-order valence-corrected chi connectivity index (χ1v) is 19.0. The van der Waals surface area contributed by atoms with Gasteiger partial charge in [0.1, 0.15) is 15.7 Å². The van der Waals surface area contributed by atoms with Crippen molar-refractivity contribution in [2.24, 2.45) is 22.1 Å². The van der Waals surface area contributed by atoms with Gasteiger partial charge in [0.05, 0.1) is 30.8 Å². The fourth-order valence-corrected chi connectivity index (χ4v) is 9.86. The number of urea groups is 1. The Morgan fingerprint density at radius 3 is 2.83 bits per heavy atom. The van der Waals surface area contributed by atoms with Crippen molar-refractivity contribution in [1.29, 1.82) is 0 Å². The molecule has 1 spiro atoms. The molecule has 0 radical (unpaired) electrons. The maximum atomic E-state index is 14.2. The Hall–Kier alpha value is -3.12. The monoisotopic (exact) mass is 698 g/mol. The lowest BCUT2D eigenvalue weighted by molar-refractivity contribution is 0.0131. The van der Waals surface area contributed by atoms with Crippen molar-refractivity contribution in [3.8, 4) is 5.75 Å². The molecule has 2 heterocycles. The molecule has 6 rings (SSSR count). The van der Waals surface area contributed by atoms with Gasteiger partial charge in [-0.15, -0.1) is 4.36 Å². The third-order valence-corrected chi connectivity index (χ3v) is 12.6. The summed E-state index contributed by atoms with van der Waals surface area (Å²) in [5, 5.41) is 3.37. The van der Waals surface area contributed by atoms with E-state index < -0.39 is 21.9 Å². The molecule has 3 amide bonds. The second-order valence-electron chi connectivity index (χ2n) is 13.8. The van der Waals surface area contributed by atoms with Gasteiger partial charge in [0.15, 0.2) is 0 Å². The predicted molar refractivity (Wildman–Crippen MR) is 188 cm³/mol. The van der Waals surface area contributed by atoms with Gasteiger partial charge in [0, 0.05) is 49.9 Å². The maximum Gasteiger partial charge on any atom is 0.327 e. The van der Waals surface area contributed by atoms with Crippen LogP contribution in [-0.2, 0) is 31.2 Å². The van der Waals surface area contributed by atoms with Crippen LogP contribution in [0.2, 0.25) is 5.02 Å². The van der Waals surface area contributed by atoms with Crippen molar-refractivity contribution in [1.82, 2.24) is 10.0 Å². The van der Waals surface area contributed by atoms with Crippen molar-refractivity contribution in [2.45, 2.75) is 57.0 Å². The fourth-order valence-electron chi connectivity index (χ4n) is 7.81. The molecule has 12 heteroatoms. The van der Waals surface area contributed by atoms with Gasteiger partial charge in [-0.1, -0.05) is 36.7 Å². The molecule has 10 nitrogen and oxygen atoms in total. The van der Waals surface area contributed by atoms with E-state index in [9.17, 15) is 13.8 Å². The van der Waals surface area contributed by atoms with E-state index >= 15 is 0 Å². The van der Waals surface area contributed by atoms with Gasteiger partial charge in [-0.05, 0) is 97.7 Å². The van der Waals surface area contributed by atoms with Crippen LogP contribution in [0.4, 0.5) is 10.5 Å². The molecular formula is C36H47ClN4O6S. The summed E-state index contributed by atoms with van der Waals surface area (Å²) in [7, 11) is -0.189. The lowest BCUT2D eigenvalue weighted by atomic mass is 9.68. The number of carbonyl (C=O) groups is 2. The number of carbonyl (C=O) groups excluding carboxylic acids is 2. The summed E-state index contributed by atoms with van der Waals surface area (Å²) >= 11 is 6.44. The standard InChI is InChI=1S/C36H47ClN4O6S/c1-24-6-4-8-32(46-3)29-12-9-27(29)20-41-22-36(15-5-7-25-18-28(37)11-13-30(25)36)23-47-33-14-10-26(19-31(33)41)34(42)39-48(44,21-24)40-35(43)38-16-17-45-2/h4,8,10-11,13-14,18-19,24,27,29,32H,5-7,9,12,15-17,20-23H2,1-3H3,(H2,38,39,40,42,43,44)/b8-4-/t24-,27-,29+,32-,36-,48?/m0/s1. The number of fused-ring (bicyclic) bond motifs is 4. The summed E-state index contributed by atoms with van der Waals surface area (Å²) in [6, 6.07) is 10.9. The van der Waals surface area contributed by atoms with Crippen LogP contribution in [0.3, 0.4) is 0 Å². The normalized spacial score (nSPS) is 30.8. The first-order valence-electron chi connectivity index (χ1n) is 17.0. The Morgan fingerprint density at radius 2 is 2.06 bits per heavy atom. The second-order valence-corrected chi connectivity index (χ2v) is 16.2. The van der Waals surface area contributed by atoms with Crippen LogP contribution in [-0.4, -0.2) is 75.1 Å². The summed E-state index contributed by atoms with van der Waals surface area (Å²) in [5.74, 6) is 0.674. The van der Waals surface area contributed by atoms with Crippen LogP contribution in [0.25, 0.3) is 0 Å². The quantitative estimate of drug-likeness (QED) is 0.294. The van der Waals surface area contributed by atoms with Crippen LogP contribution in [0, 0.1) is 17.8 Å². The van der Waals surface area contributed by atoms with Gasteiger partial charge >= 0.3 is 6.03 Å².